The van der Waals surface area contributed by atoms with Crippen molar-refractivity contribution in [2.45, 2.75) is 6.04 Å². The topological polar surface area (TPSA) is 24.5 Å². The maximum atomic E-state index is 14.3. The number of benzene rings is 2. The summed E-state index contributed by atoms with van der Waals surface area (Å²) >= 11 is 0. The van der Waals surface area contributed by atoms with E-state index in [1.807, 2.05) is 44.2 Å². The van der Waals surface area contributed by atoms with E-state index in [2.05, 4.69) is 11.4 Å². The Morgan fingerprint density at radius 2 is 1.90 bits per heavy atom. The van der Waals surface area contributed by atoms with Gasteiger partial charge in [-0.3, -0.25) is 0 Å². The predicted molar refractivity (Wildman–Crippen MR) is 84.6 cm³/mol. The molecule has 3 nitrogen and oxygen atoms in total. The first-order valence-electron chi connectivity index (χ1n) is 6.84. The summed E-state index contributed by atoms with van der Waals surface area (Å²) in [4.78, 5) is 2.03. The summed E-state index contributed by atoms with van der Waals surface area (Å²) in [6.07, 6.45) is 0. The molecule has 0 aliphatic rings. The second-order valence-electron chi connectivity index (χ2n) is 5.10. The Morgan fingerprint density at radius 3 is 2.48 bits per heavy atom. The molecule has 0 aliphatic heterocycles. The maximum Gasteiger partial charge on any atom is 0.132 e. The summed E-state index contributed by atoms with van der Waals surface area (Å²) in [6, 6.07) is 12.8. The number of nitrogens with zero attached hydrogens (tertiary/aromatic N) is 1. The lowest BCUT2D eigenvalue weighted by Crippen LogP contribution is -2.19. The minimum absolute atomic E-state index is 0.198. The quantitative estimate of drug-likeness (QED) is 0.914. The van der Waals surface area contributed by atoms with E-state index in [1.54, 1.807) is 12.1 Å². The number of anilines is 1. The van der Waals surface area contributed by atoms with Gasteiger partial charge in [-0.15, -0.1) is 0 Å². The van der Waals surface area contributed by atoms with E-state index >= 15 is 0 Å². The molecule has 21 heavy (non-hydrogen) atoms. The molecule has 4 heteroatoms. The summed E-state index contributed by atoms with van der Waals surface area (Å²) in [6.45, 7) is 0. The Balaban J connectivity index is 2.42. The number of rotatable bonds is 5. The second kappa shape index (κ2) is 6.59. The van der Waals surface area contributed by atoms with Crippen molar-refractivity contribution in [2.24, 2.45) is 0 Å². The predicted octanol–water partition coefficient (Wildman–Crippen LogP) is 3.21. The largest absolute Gasteiger partial charge is 0.497 e. The molecule has 2 aromatic carbocycles. The zero-order chi connectivity index (χ0) is 15.4. The minimum Gasteiger partial charge on any atom is -0.497 e. The van der Waals surface area contributed by atoms with Gasteiger partial charge < -0.3 is 15.0 Å². The van der Waals surface area contributed by atoms with Crippen molar-refractivity contribution in [3.63, 3.8) is 0 Å². The molecule has 0 saturated heterocycles. The van der Waals surface area contributed by atoms with Crippen LogP contribution in [0.15, 0.2) is 42.5 Å². The summed E-state index contributed by atoms with van der Waals surface area (Å²) in [5, 5.41) is 3.18. The van der Waals surface area contributed by atoms with Crippen LogP contribution >= 0.6 is 0 Å². The molecule has 0 radical (unpaired) electrons. The van der Waals surface area contributed by atoms with Gasteiger partial charge in [0.15, 0.2) is 0 Å². The van der Waals surface area contributed by atoms with Crippen molar-refractivity contribution in [1.82, 2.24) is 5.32 Å². The first kappa shape index (κ1) is 15.3. The van der Waals surface area contributed by atoms with E-state index in [1.165, 1.54) is 13.2 Å². The summed E-state index contributed by atoms with van der Waals surface area (Å²) < 4.78 is 19.3. The van der Waals surface area contributed by atoms with Gasteiger partial charge in [0.05, 0.1) is 13.2 Å². The minimum atomic E-state index is -0.274. The van der Waals surface area contributed by atoms with Gasteiger partial charge >= 0.3 is 0 Å². The highest BCUT2D eigenvalue weighted by atomic mass is 19.1. The second-order valence-corrected chi connectivity index (χ2v) is 5.10. The van der Waals surface area contributed by atoms with Crippen LogP contribution in [0.2, 0.25) is 0 Å². The molecule has 1 unspecified atom stereocenters. The Morgan fingerprint density at radius 1 is 1.14 bits per heavy atom. The first-order chi connectivity index (χ1) is 10.1. The SMILES string of the molecule is CNC(c1cccc(N(C)C)c1)c1ccc(OC)cc1F. The lowest BCUT2D eigenvalue weighted by Gasteiger charge is -2.21. The van der Waals surface area contributed by atoms with Crippen molar-refractivity contribution in [2.75, 3.05) is 33.2 Å². The highest BCUT2D eigenvalue weighted by Gasteiger charge is 2.17. The third-order valence-corrected chi connectivity index (χ3v) is 3.53. The van der Waals surface area contributed by atoms with E-state index < -0.39 is 0 Å². The lowest BCUT2D eigenvalue weighted by atomic mass is 9.97. The Kier molecular flexibility index (Phi) is 4.81. The number of hydrogen-bond acceptors (Lipinski definition) is 3. The molecule has 0 fully saturated rings. The van der Waals surface area contributed by atoms with Gasteiger partial charge in [0.1, 0.15) is 11.6 Å². The third kappa shape index (κ3) is 3.34. The average Bonchev–Trinajstić information content (AvgIpc) is 2.49. The average molecular weight is 288 g/mol. The molecule has 112 valence electrons. The third-order valence-electron chi connectivity index (χ3n) is 3.53. The Labute approximate surface area is 125 Å². The molecule has 1 N–H and O–H groups in total. The lowest BCUT2D eigenvalue weighted by molar-refractivity contribution is 0.410. The summed E-state index contributed by atoms with van der Waals surface area (Å²) in [7, 11) is 7.34. The molecule has 0 aliphatic carbocycles. The molecule has 0 spiro atoms. The van der Waals surface area contributed by atoms with Crippen LogP contribution in [-0.2, 0) is 0 Å². The number of ether oxygens (including phenoxy) is 1. The van der Waals surface area contributed by atoms with E-state index in [4.69, 9.17) is 4.74 Å². The van der Waals surface area contributed by atoms with Gasteiger partial charge in [-0.25, -0.2) is 4.39 Å². The van der Waals surface area contributed by atoms with E-state index in [0.717, 1.165) is 11.3 Å². The van der Waals surface area contributed by atoms with Gasteiger partial charge in [-0.2, -0.15) is 0 Å². The van der Waals surface area contributed by atoms with Crippen molar-refractivity contribution >= 4 is 5.69 Å². The van der Waals surface area contributed by atoms with Crippen LogP contribution in [0.4, 0.5) is 10.1 Å². The van der Waals surface area contributed by atoms with Crippen LogP contribution in [0.3, 0.4) is 0 Å². The molecule has 0 amide bonds. The normalized spacial score (nSPS) is 12.0. The fraction of sp³-hybridized carbons (Fsp3) is 0.294. The van der Waals surface area contributed by atoms with Crippen LogP contribution in [0.5, 0.6) is 5.75 Å². The number of nitrogens with one attached hydrogen (secondary N) is 1. The molecule has 0 heterocycles. The molecule has 0 bridgehead atoms. The monoisotopic (exact) mass is 288 g/mol. The first-order valence-corrected chi connectivity index (χ1v) is 6.84. The van der Waals surface area contributed by atoms with Crippen LogP contribution in [0.1, 0.15) is 17.2 Å². The molecule has 0 saturated carbocycles. The van der Waals surface area contributed by atoms with Gasteiger partial charge in [0, 0.05) is 31.4 Å². The van der Waals surface area contributed by atoms with Crippen molar-refractivity contribution < 1.29 is 9.13 Å². The van der Waals surface area contributed by atoms with E-state index in [9.17, 15) is 4.39 Å². The molecule has 1 atom stereocenters. The van der Waals surface area contributed by atoms with Gasteiger partial charge in [0.2, 0.25) is 0 Å². The van der Waals surface area contributed by atoms with E-state index in [0.29, 0.717) is 11.3 Å². The summed E-state index contributed by atoms with van der Waals surface area (Å²) in [5.41, 5.74) is 2.71. The highest BCUT2D eigenvalue weighted by molar-refractivity contribution is 5.49. The van der Waals surface area contributed by atoms with Crippen LogP contribution < -0.4 is 15.0 Å². The Hall–Kier alpha value is -2.07. The van der Waals surface area contributed by atoms with Crippen molar-refractivity contribution in [1.29, 1.82) is 0 Å². The van der Waals surface area contributed by atoms with Crippen LogP contribution in [0.25, 0.3) is 0 Å². The fourth-order valence-corrected chi connectivity index (χ4v) is 2.35. The smallest absolute Gasteiger partial charge is 0.132 e. The van der Waals surface area contributed by atoms with Gasteiger partial charge in [-0.05, 0) is 30.8 Å². The molecular formula is C17H21FN2O. The van der Waals surface area contributed by atoms with Crippen LogP contribution in [0, 0.1) is 5.82 Å². The Bertz CT molecular complexity index is 613. The molecule has 2 rings (SSSR count). The fourth-order valence-electron chi connectivity index (χ4n) is 2.35. The van der Waals surface area contributed by atoms with E-state index in [-0.39, 0.29) is 11.9 Å². The van der Waals surface area contributed by atoms with Gasteiger partial charge in [0.25, 0.3) is 0 Å². The van der Waals surface area contributed by atoms with Crippen molar-refractivity contribution in [3.05, 3.63) is 59.4 Å². The molecule has 0 aromatic heterocycles. The standard InChI is InChI=1S/C17H21FN2O/c1-19-17(12-6-5-7-13(10-12)20(2)3)15-9-8-14(21-4)11-16(15)18/h5-11,17,19H,1-4H3. The number of hydrogen-bond donors (Lipinski definition) is 1. The zero-order valence-corrected chi connectivity index (χ0v) is 12.9. The zero-order valence-electron chi connectivity index (χ0n) is 12.9. The number of methoxy groups -OCH3 is 1. The summed E-state index contributed by atoms with van der Waals surface area (Å²) in [5.74, 6) is 0.247. The van der Waals surface area contributed by atoms with Crippen molar-refractivity contribution in [3.8, 4) is 5.75 Å². The van der Waals surface area contributed by atoms with Gasteiger partial charge in [-0.1, -0.05) is 18.2 Å². The number of halogens is 1. The van der Waals surface area contributed by atoms with Crippen LogP contribution in [-0.4, -0.2) is 28.3 Å². The molecule has 2 aromatic rings. The highest BCUT2D eigenvalue weighted by Crippen LogP contribution is 2.28. The molecular weight excluding hydrogens is 267 g/mol. The maximum absolute atomic E-state index is 14.3.